The van der Waals surface area contributed by atoms with E-state index in [1.54, 1.807) is 0 Å². The van der Waals surface area contributed by atoms with Gasteiger partial charge < -0.3 is 28.8 Å². The van der Waals surface area contributed by atoms with Gasteiger partial charge in [-0.3, -0.25) is 14.4 Å². The van der Waals surface area contributed by atoms with E-state index in [0.29, 0.717) is 0 Å². The lowest BCUT2D eigenvalue weighted by Gasteiger charge is -2.43. The second kappa shape index (κ2) is 10.2. The Labute approximate surface area is 162 Å². The molecule has 1 aromatic carbocycles. The van der Waals surface area contributed by atoms with Gasteiger partial charge in [-0.15, -0.1) is 0 Å². The van der Waals surface area contributed by atoms with E-state index >= 15 is 0 Å². The van der Waals surface area contributed by atoms with Gasteiger partial charge >= 0.3 is 17.9 Å². The molecule has 1 saturated heterocycles. The molecule has 1 aliphatic rings. The second-order valence-corrected chi connectivity index (χ2v) is 6.28. The number of aliphatic hydroxyl groups excluding tert-OH is 1. The number of rotatable bonds is 7. The average Bonchev–Trinajstić information content (AvgIpc) is 2.62. The first-order valence-electron chi connectivity index (χ1n) is 8.74. The molecule has 0 aromatic heterocycles. The van der Waals surface area contributed by atoms with Gasteiger partial charge in [0.1, 0.15) is 18.8 Å². The minimum Gasteiger partial charge on any atom is -0.463 e. The number of esters is 3. The number of aliphatic hydroxyl groups is 1. The van der Waals surface area contributed by atoms with E-state index in [4.69, 9.17) is 23.7 Å². The lowest BCUT2D eigenvalue weighted by atomic mass is 9.98. The number of carbonyl (C=O) groups is 3. The highest BCUT2D eigenvalue weighted by Gasteiger charge is 2.50. The minimum atomic E-state index is -1.59. The highest BCUT2D eigenvalue weighted by Crippen LogP contribution is 2.28. The summed E-state index contributed by atoms with van der Waals surface area (Å²) in [5, 5.41) is 10.3. The van der Waals surface area contributed by atoms with Gasteiger partial charge in [-0.2, -0.15) is 0 Å². The molecule has 154 valence electrons. The van der Waals surface area contributed by atoms with Crippen LogP contribution in [0.15, 0.2) is 30.3 Å². The second-order valence-electron chi connectivity index (χ2n) is 6.28. The van der Waals surface area contributed by atoms with Gasteiger partial charge in [-0.25, -0.2) is 0 Å². The van der Waals surface area contributed by atoms with Crippen molar-refractivity contribution in [1.82, 2.24) is 0 Å². The molecule has 1 heterocycles. The fourth-order valence-corrected chi connectivity index (χ4v) is 2.84. The van der Waals surface area contributed by atoms with Crippen molar-refractivity contribution in [3.8, 4) is 0 Å². The van der Waals surface area contributed by atoms with Gasteiger partial charge in [-0.05, 0) is 5.56 Å². The van der Waals surface area contributed by atoms with Crippen LogP contribution in [0.5, 0.6) is 0 Å². The molecule has 1 fully saturated rings. The topological polar surface area (TPSA) is 118 Å². The zero-order valence-electron chi connectivity index (χ0n) is 15.9. The SMILES string of the molecule is CC(=O)OC[C@H]1O[C@H](O)[C@@H](OC(C)=O)[C@@H](OC(C)=O)[C@@H]1OCc1ccccc1. The Morgan fingerprint density at radius 3 is 2.11 bits per heavy atom. The lowest BCUT2D eigenvalue weighted by molar-refractivity contribution is -0.301. The van der Waals surface area contributed by atoms with Gasteiger partial charge in [0.2, 0.25) is 0 Å². The number of carbonyl (C=O) groups excluding carboxylic acids is 3. The van der Waals surface area contributed by atoms with Crippen LogP contribution in [-0.4, -0.2) is 60.3 Å². The zero-order valence-corrected chi connectivity index (χ0v) is 15.9. The van der Waals surface area contributed by atoms with Crippen molar-refractivity contribution in [3.63, 3.8) is 0 Å². The predicted octanol–water partition coefficient (Wildman–Crippen LogP) is 0.716. The Morgan fingerprint density at radius 1 is 0.929 bits per heavy atom. The average molecular weight is 396 g/mol. The molecule has 1 N–H and O–H groups in total. The van der Waals surface area contributed by atoms with Crippen LogP contribution in [-0.2, 0) is 44.7 Å². The Balaban J connectivity index is 2.26. The van der Waals surface area contributed by atoms with Crippen molar-refractivity contribution in [2.45, 2.75) is 58.1 Å². The van der Waals surface area contributed by atoms with Gasteiger partial charge in [0.15, 0.2) is 18.5 Å². The van der Waals surface area contributed by atoms with Gasteiger partial charge in [0.25, 0.3) is 0 Å². The molecule has 1 aromatic rings. The van der Waals surface area contributed by atoms with Crippen LogP contribution in [0.4, 0.5) is 0 Å². The molecule has 0 saturated carbocycles. The summed E-state index contributed by atoms with van der Waals surface area (Å²) >= 11 is 0. The van der Waals surface area contributed by atoms with E-state index in [9.17, 15) is 19.5 Å². The van der Waals surface area contributed by atoms with Crippen molar-refractivity contribution in [3.05, 3.63) is 35.9 Å². The van der Waals surface area contributed by atoms with Crippen molar-refractivity contribution in [2.24, 2.45) is 0 Å². The van der Waals surface area contributed by atoms with Crippen molar-refractivity contribution in [1.29, 1.82) is 0 Å². The highest BCUT2D eigenvalue weighted by molar-refractivity contribution is 5.67. The third-order valence-electron chi connectivity index (χ3n) is 3.95. The number of ether oxygens (including phenoxy) is 5. The summed E-state index contributed by atoms with van der Waals surface area (Å²) in [4.78, 5) is 34.2. The van der Waals surface area contributed by atoms with Crippen LogP contribution < -0.4 is 0 Å². The molecule has 9 nitrogen and oxygen atoms in total. The molecule has 0 bridgehead atoms. The maximum Gasteiger partial charge on any atom is 0.303 e. The van der Waals surface area contributed by atoms with Gasteiger partial charge in [0, 0.05) is 20.8 Å². The zero-order chi connectivity index (χ0) is 20.7. The van der Waals surface area contributed by atoms with Gasteiger partial charge in [-0.1, -0.05) is 30.3 Å². The van der Waals surface area contributed by atoms with E-state index in [0.717, 1.165) is 12.5 Å². The van der Waals surface area contributed by atoms with E-state index in [1.807, 2.05) is 30.3 Å². The van der Waals surface area contributed by atoms with Crippen LogP contribution >= 0.6 is 0 Å². The standard InChI is InChI=1S/C19H24O9/c1-11(20)24-10-15-16(25-9-14-7-5-4-6-8-14)17(26-12(2)21)18(19(23)28-15)27-13(3)22/h4-8,15-19,23H,9-10H2,1-3H3/t15-,16-,17+,18+,19+/m1/s1. The van der Waals surface area contributed by atoms with Crippen molar-refractivity contribution >= 4 is 17.9 Å². The Kier molecular flexibility index (Phi) is 7.91. The molecule has 5 atom stereocenters. The first kappa shape index (κ1) is 21.8. The molecular formula is C19H24O9. The van der Waals surface area contributed by atoms with E-state index in [-0.39, 0.29) is 13.2 Å². The van der Waals surface area contributed by atoms with Crippen LogP contribution in [0.2, 0.25) is 0 Å². The summed E-state index contributed by atoms with van der Waals surface area (Å²) in [7, 11) is 0. The third kappa shape index (κ3) is 6.29. The Bertz CT molecular complexity index is 675. The number of hydrogen-bond acceptors (Lipinski definition) is 9. The summed E-state index contributed by atoms with van der Waals surface area (Å²) in [5.41, 5.74) is 0.838. The summed E-state index contributed by atoms with van der Waals surface area (Å²) in [5.74, 6) is -1.90. The fraction of sp³-hybridized carbons (Fsp3) is 0.526. The molecule has 28 heavy (non-hydrogen) atoms. The maximum atomic E-state index is 11.6. The molecule has 0 amide bonds. The minimum absolute atomic E-state index is 0.131. The molecule has 9 heteroatoms. The van der Waals surface area contributed by atoms with Crippen LogP contribution in [0, 0.1) is 0 Å². The number of hydrogen-bond donors (Lipinski definition) is 1. The molecule has 2 rings (SSSR count). The van der Waals surface area contributed by atoms with Crippen LogP contribution in [0.3, 0.4) is 0 Å². The highest BCUT2D eigenvalue weighted by atomic mass is 16.7. The third-order valence-corrected chi connectivity index (χ3v) is 3.95. The maximum absolute atomic E-state index is 11.6. The fourth-order valence-electron chi connectivity index (χ4n) is 2.84. The number of benzene rings is 1. The first-order chi connectivity index (χ1) is 13.3. The van der Waals surface area contributed by atoms with E-state index in [1.165, 1.54) is 13.8 Å². The van der Waals surface area contributed by atoms with Crippen molar-refractivity contribution < 1.29 is 43.2 Å². The molecule has 1 aliphatic heterocycles. The predicted molar refractivity (Wildman–Crippen MR) is 93.6 cm³/mol. The Hall–Kier alpha value is -2.49. The Morgan fingerprint density at radius 2 is 1.54 bits per heavy atom. The molecule has 0 unspecified atom stereocenters. The quantitative estimate of drug-likeness (QED) is 0.525. The van der Waals surface area contributed by atoms with Crippen LogP contribution in [0.1, 0.15) is 26.3 Å². The summed E-state index contributed by atoms with van der Waals surface area (Å²) in [6, 6.07) is 9.20. The van der Waals surface area contributed by atoms with Gasteiger partial charge in [0.05, 0.1) is 6.61 Å². The molecule has 0 aliphatic carbocycles. The van der Waals surface area contributed by atoms with Crippen molar-refractivity contribution in [2.75, 3.05) is 6.61 Å². The monoisotopic (exact) mass is 396 g/mol. The summed E-state index contributed by atoms with van der Waals surface area (Å²) < 4.78 is 26.7. The largest absolute Gasteiger partial charge is 0.463 e. The molecular weight excluding hydrogens is 372 g/mol. The first-order valence-corrected chi connectivity index (χ1v) is 8.74. The van der Waals surface area contributed by atoms with E-state index < -0.39 is 48.6 Å². The lowest BCUT2D eigenvalue weighted by Crippen LogP contribution is -2.62. The summed E-state index contributed by atoms with van der Waals surface area (Å²) in [6.07, 6.45) is -5.95. The smallest absolute Gasteiger partial charge is 0.303 e. The normalized spacial score (nSPS) is 26.9. The van der Waals surface area contributed by atoms with Crippen LogP contribution in [0.25, 0.3) is 0 Å². The molecule has 0 spiro atoms. The molecule has 0 radical (unpaired) electrons. The van der Waals surface area contributed by atoms with E-state index in [2.05, 4.69) is 0 Å². The summed E-state index contributed by atoms with van der Waals surface area (Å²) in [6.45, 7) is 3.46.